The molecule has 2 amide bonds. The molecule has 2 atom stereocenters. The predicted octanol–water partition coefficient (Wildman–Crippen LogP) is 0.535. The van der Waals surface area contributed by atoms with E-state index >= 15 is 0 Å². The quantitative estimate of drug-likeness (QED) is 0.241. The van der Waals surface area contributed by atoms with Gasteiger partial charge in [-0.25, -0.2) is 4.79 Å². The number of halogens is 1. The minimum Gasteiger partial charge on any atom is -1.00 e. The average Bonchev–Trinajstić information content (AvgIpc) is 3.33. The molecule has 0 unspecified atom stereocenters. The van der Waals surface area contributed by atoms with Gasteiger partial charge in [-0.3, -0.25) is 9.69 Å². The van der Waals surface area contributed by atoms with Crippen LogP contribution in [0.3, 0.4) is 0 Å². The van der Waals surface area contributed by atoms with Crippen molar-refractivity contribution < 1.29 is 57.4 Å². The predicted molar refractivity (Wildman–Crippen MR) is 150 cm³/mol. The number of hydrogen-bond donors (Lipinski definition) is 2. The summed E-state index contributed by atoms with van der Waals surface area (Å²) in [7, 11) is 2.18. The first kappa shape index (κ1) is 30.8. The van der Waals surface area contributed by atoms with Crippen molar-refractivity contribution in [1.29, 1.82) is 0 Å². The highest BCUT2D eigenvalue weighted by atomic mass is 127. The van der Waals surface area contributed by atoms with Crippen molar-refractivity contribution in [3.8, 4) is 5.75 Å². The zero-order valence-corrected chi connectivity index (χ0v) is 25.2. The Morgan fingerprint density at radius 1 is 1.02 bits per heavy atom. The standard InChI is InChI=1S/C31H35N3O6.HI/c1-34(17-19-38-20-18-34)16-15-32-30(36)25-7-11-26(12-8-25)33-29(28(21-35)40-31(33)37)24-9-13-27(14-10-24)39-22-23-5-3-2-4-6-23;/h2-14,28-29,35H,15-22H2,1H3;1H/t28-,29-;/m1./s1. The number of hydrogen-bond acceptors (Lipinski definition) is 6. The molecule has 2 saturated heterocycles. The summed E-state index contributed by atoms with van der Waals surface area (Å²) in [5, 5.41) is 13.0. The molecule has 2 fully saturated rings. The van der Waals surface area contributed by atoms with Crippen molar-refractivity contribution in [2.75, 3.05) is 57.9 Å². The van der Waals surface area contributed by atoms with E-state index in [2.05, 4.69) is 12.4 Å². The Hall–Kier alpha value is -3.19. The number of carbonyl (C=O) groups is 2. The van der Waals surface area contributed by atoms with E-state index in [-0.39, 0.29) is 36.5 Å². The molecule has 0 aromatic heterocycles. The number of amides is 2. The lowest BCUT2D eigenvalue weighted by Gasteiger charge is -2.37. The monoisotopic (exact) mass is 673 g/mol. The molecular formula is C31H36IN3O6. The Kier molecular flexibility index (Phi) is 10.6. The minimum absolute atomic E-state index is 0. The summed E-state index contributed by atoms with van der Waals surface area (Å²) in [6, 6.07) is 23.7. The van der Waals surface area contributed by atoms with Crippen molar-refractivity contribution in [2.24, 2.45) is 0 Å². The molecule has 2 aliphatic heterocycles. The SMILES string of the molecule is C[N+]1(CCNC(=O)c2ccc(N3C(=O)O[C@H](CO)[C@H]3c3ccc(OCc4ccccc4)cc3)cc2)CCOCC1.[I-]. The van der Waals surface area contributed by atoms with E-state index in [0.29, 0.717) is 30.2 Å². The van der Waals surface area contributed by atoms with Gasteiger partial charge in [-0.15, -0.1) is 0 Å². The van der Waals surface area contributed by atoms with Gasteiger partial charge in [-0.1, -0.05) is 42.5 Å². The summed E-state index contributed by atoms with van der Waals surface area (Å²) in [5.41, 5.74) is 2.96. The third kappa shape index (κ3) is 7.56. The van der Waals surface area contributed by atoms with E-state index in [1.165, 1.54) is 4.90 Å². The fraction of sp³-hybridized carbons (Fsp3) is 0.355. The van der Waals surface area contributed by atoms with Crippen LogP contribution in [0.4, 0.5) is 10.5 Å². The molecule has 0 saturated carbocycles. The molecule has 218 valence electrons. The molecule has 5 rings (SSSR count). The number of ether oxygens (including phenoxy) is 3. The molecule has 2 heterocycles. The number of morpholine rings is 1. The number of quaternary nitrogens is 1. The van der Waals surface area contributed by atoms with Crippen molar-refractivity contribution in [3.63, 3.8) is 0 Å². The molecule has 0 spiro atoms. The molecule has 10 heteroatoms. The zero-order valence-electron chi connectivity index (χ0n) is 23.1. The first-order valence-electron chi connectivity index (χ1n) is 13.6. The van der Waals surface area contributed by atoms with Crippen LogP contribution in [0.25, 0.3) is 0 Å². The van der Waals surface area contributed by atoms with Gasteiger partial charge in [0.15, 0.2) is 6.10 Å². The maximum Gasteiger partial charge on any atom is 0.415 e. The van der Waals surface area contributed by atoms with Gasteiger partial charge in [0, 0.05) is 11.3 Å². The molecule has 2 aliphatic rings. The first-order chi connectivity index (χ1) is 19.5. The normalized spacial score (nSPS) is 19.7. The second-order valence-electron chi connectivity index (χ2n) is 10.5. The second-order valence-corrected chi connectivity index (χ2v) is 10.5. The van der Waals surface area contributed by atoms with E-state index in [1.54, 1.807) is 24.3 Å². The van der Waals surface area contributed by atoms with Crippen LogP contribution in [-0.4, -0.2) is 80.7 Å². The van der Waals surface area contributed by atoms with Crippen LogP contribution in [0.15, 0.2) is 78.9 Å². The van der Waals surface area contributed by atoms with Crippen LogP contribution in [0, 0.1) is 0 Å². The number of carbonyl (C=O) groups excluding carboxylic acids is 2. The molecule has 41 heavy (non-hydrogen) atoms. The molecule has 2 N–H and O–H groups in total. The fourth-order valence-corrected chi connectivity index (χ4v) is 5.12. The van der Waals surface area contributed by atoms with Crippen LogP contribution in [0.5, 0.6) is 5.75 Å². The van der Waals surface area contributed by atoms with E-state index < -0.39 is 18.2 Å². The van der Waals surface area contributed by atoms with Crippen molar-refractivity contribution >= 4 is 17.7 Å². The zero-order chi connectivity index (χ0) is 28.0. The summed E-state index contributed by atoms with van der Waals surface area (Å²) in [5.74, 6) is 0.538. The van der Waals surface area contributed by atoms with Gasteiger partial charge in [-0.2, -0.15) is 0 Å². The van der Waals surface area contributed by atoms with E-state index in [4.69, 9.17) is 14.2 Å². The van der Waals surface area contributed by atoms with Crippen LogP contribution in [0.2, 0.25) is 0 Å². The lowest BCUT2D eigenvalue weighted by atomic mass is 10.00. The molecule has 3 aromatic rings. The second kappa shape index (κ2) is 14.1. The molecule has 0 aliphatic carbocycles. The third-order valence-corrected chi connectivity index (χ3v) is 7.62. The number of nitrogens with one attached hydrogen (secondary N) is 1. The Morgan fingerprint density at radius 2 is 1.71 bits per heavy atom. The topological polar surface area (TPSA) is 97.3 Å². The largest absolute Gasteiger partial charge is 1.00 e. The minimum atomic E-state index is -0.726. The number of likely N-dealkylation sites (N-methyl/N-ethyl adjacent to an activating group) is 1. The van der Waals surface area contributed by atoms with Gasteiger partial charge >= 0.3 is 6.09 Å². The Labute approximate surface area is 257 Å². The summed E-state index contributed by atoms with van der Waals surface area (Å²) in [6.07, 6.45) is -1.27. The van der Waals surface area contributed by atoms with Gasteiger partial charge < -0.3 is 53.1 Å². The van der Waals surface area contributed by atoms with Gasteiger partial charge in [0.05, 0.1) is 40.0 Å². The summed E-state index contributed by atoms with van der Waals surface area (Å²) in [6.45, 7) is 4.91. The number of cyclic esters (lactones) is 1. The number of anilines is 1. The first-order valence-corrected chi connectivity index (χ1v) is 13.6. The van der Waals surface area contributed by atoms with Crippen LogP contribution in [0.1, 0.15) is 27.5 Å². The highest BCUT2D eigenvalue weighted by Gasteiger charge is 2.43. The van der Waals surface area contributed by atoms with E-state index in [1.807, 2.05) is 54.6 Å². The molecule has 0 bridgehead atoms. The number of nitrogens with zero attached hydrogens (tertiary/aromatic N) is 2. The van der Waals surface area contributed by atoms with Crippen LogP contribution < -0.4 is 38.9 Å². The molecular weight excluding hydrogens is 637 g/mol. The Balaban J connectivity index is 0.00000387. The number of aliphatic hydroxyl groups is 1. The molecule has 3 aromatic carbocycles. The third-order valence-electron chi connectivity index (χ3n) is 7.62. The lowest BCUT2D eigenvalue weighted by molar-refractivity contribution is -0.915. The van der Waals surface area contributed by atoms with E-state index in [9.17, 15) is 14.7 Å². The number of rotatable bonds is 10. The van der Waals surface area contributed by atoms with Crippen molar-refractivity contribution in [2.45, 2.75) is 18.8 Å². The number of benzene rings is 3. The average molecular weight is 674 g/mol. The summed E-state index contributed by atoms with van der Waals surface area (Å²) in [4.78, 5) is 27.1. The molecule has 0 radical (unpaired) electrons. The van der Waals surface area contributed by atoms with Crippen LogP contribution >= 0.6 is 0 Å². The number of aliphatic hydroxyl groups excluding tert-OH is 1. The van der Waals surface area contributed by atoms with Gasteiger partial charge in [0.25, 0.3) is 5.91 Å². The maximum absolute atomic E-state index is 12.9. The van der Waals surface area contributed by atoms with Gasteiger partial charge in [0.2, 0.25) is 0 Å². The van der Waals surface area contributed by atoms with Crippen molar-refractivity contribution in [1.82, 2.24) is 5.32 Å². The molecule has 9 nitrogen and oxygen atoms in total. The summed E-state index contributed by atoms with van der Waals surface area (Å²) >= 11 is 0. The van der Waals surface area contributed by atoms with Gasteiger partial charge in [0.1, 0.15) is 31.5 Å². The van der Waals surface area contributed by atoms with Crippen LogP contribution in [-0.2, 0) is 16.1 Å². The van der Waals surface area contributed by atoms with Crippen molar-refractivity contribution in [3.05, 3.63) is 95.6 Å². The smallest absolute Gasteiger partial charge is 0.415 e. The lowest BCUT2D eigenvalue weighted by Crippen LogP contribution is -3.00. The highest BCUT2D eigenvalue weighted by molar-refractivity contribution is 5.96. The fourth-order valence-electron chi connectivity index (χ4n) is 5.12. The highest BCUT2D eigenvalue weighted by Crippen LogP contribution is 2.38. The van der Waals surface area contributed by atoms with Gasteiger partial charge in [-0.05, 0) is 47.5 Å². The van der Waals surface area contributed by atoms with E-state index in [0.717, 1.165) is 48.5 Å². The maximum atomic E-state index is 12.9. The summed E-state index contributed by atoms with van der Waals surface area (Å²) < 4.78 is 17.7. The Bertz CT molecular complexity index is 1280. The Morgan fingerprint density at radius 3 is 2.37 bits per heavy atom.